The van der Waals surface area contributed by atoms with E-state index >= 15 is 0 Å². The van der Waals surface area contributed by atoms with Crippen molar-refractivity contribution in [2.75, 3.05) is 14.2 Å². The first-order chi connectivity index (χ1) is 11.5. The highest BCUT2D eigenvalue weighted by Crippen LogP contribution is 2.32. The summed E-state index contributed by atoms with van der Waals surface area (Å²) in [5, 5.41) is 11.1. The van der Waals surface area contributed by atoms with Crippen molar-refractivity contribution in [3.05, 3.63) is 58.1 Å². The molecule has 126 valence electrons. The molecule has 1 atom stereocenters. The Morgan fingerprint density at radius 2 is 1.62 bits per heavy atom. The van der Waals surface area contributed by atoms with Gasteiger partial charge in [0, 0.05) is 17.7 Å². The summed E-state index contributed by atoms with van der Waals surface area (Å²) in [4.78, 5) is 22.9. The molecular weight excluding hydrogens is 314 g/mol. The maximum Gasteiger partial charge on any atom is 0.311 e. The van der Waals surface area contributed by atoms with E-state index in [-0.39, 0.29) is 17.2 Å². The fourth-order valence-electron chi connectivity index (χ4n) is 2.10. The third kappa shape index (κ3) is 3.81. The van der Waals surface area contributed by atoms with Crippen LogP contribution < -0.4 is 14.2 Å². The maximum atomic E-state index is 12.4. The summed E-state index contributed by atoms with van der Waals surface area (Å²) >= 11 is 0. The van der Waals surface area contributed by atoms with Crippen LogP contribution in [0.4, 0.5) is 5.69 Å². The Morgan fingerprint density at radius 3 is 2.17 bits per heavy atom. The number of ether oxygens (including phenoxy) is 3. The van der Waals surface area contributed by atoms with Gasteiger partial charge in [-0.1, -0.05) is 0 Å². The molecule has 0 saturated carbocycles. The van der Waals surface area contributed by atoms with Crippen molar-refractivity contribution in [1.29, 1.82) is 0 Å². The molecule has 2 aromatic rings. The molecule has 0 heterocycles. The van der Waals surface area contributed by atoms with E-state index in [9.17, 15) is 14.9 Å². The van der Waals surface area contributed by atoms with Gasteiger partial charge < -0.3 is 14.2 Å². The molecule has 2 aromatic carbocycles. The Labute approximate surface area is 138 Å². The first-order valence-corrected chi connectivity index (χ1v) is 7.13. The smallest absolute Gasteiger partial charge is 0.311 e. The molecule has 24 heavy (non-hydrogen) atoms. The molecule has 0 aliphatic rings. The normalized spacial score (nSPS) is 11.5. The van der Waals surface area contributed by atoms with Gasteiger partial charge in [0.15, 0.2) is 6.10 Å². The Kier molecular flexibility index (Phi) is 5.36. The molecule has 0 aromatic heterocycles. The highest BCUT2D eigenvalue weighted by molar-refractivity contribution is 5.99. The van der Waals surface area contributed by atoms with Gasteiger partial charge in [0.25, 0.3) is 0 Å². The molecule has 0 radical (unpaired) electrons. The van der Waals surface area contributed by atoms with Gasteiger partial charge in [0.2, 0.25) is 11.5 Å². The largest absolute Gasteiger partial charge is 0.497 e. The number of hydrogen-bond acceptors (Lipinski definition) is 6. The Bertz CT molecular complexity index is 741. The predicted molar refractivity (Wildman–Crippen MR) is 87.1 cm³/mol. The number of ketones is 1. The van der Waals surface area contributed by atoms with E-state index in [1.807, 2.05) is 0 Å². The van der Waals surface area contributed by atoms with Crippen molar-refractivity contribution in [1.82, 2.24) is 0 Å². The number of nitro benzene ring substituents is 1. The van der Waals surface area contributed by atoms with Gasteiger partial charge in [-0.2, -0.15) is 0 Å². The third-order valence-electron chi connectivity index (χ3n) is 3.41. The molecule has 2 rings (SSSR count). The summed E-state index contributed by atoms with van der Waals surface area (Å²) in [6.07, 6.45) is -0.899. The number of hydrogen-bond donors (Lipinski definition) is 0. The number of Topliss-reactive ketones (excluding diaryl/α,β-unsaturated/α-hetero) is 1. The molecule has 0 fully saturated rings. The van der Waals surface area contributed by atoms with Gasteiger partial charge >= 0.3 is 5.69 Å². The lowest BCUT2D eigenvalue weighted by atomic mass is 10.1. The molecule has 0 bridgehead atoms. The third-order valence-corrected chi connectivity index (χ3v) is 3.41. The van der Waals surface area contributed by atoms with Gasteiger partial charge in [0.1, 0.15) is 11.5 Å². The molecule has 0 N–H and O–H groups in total. The van der Waals surface area contributed by atoms with Crippen LogP contribution in [0.2, 0.25) is 0 Å². The highest BCUT2D eigenvalue weighted by atomic mass is 16.6. The van der Waals surface area contributed by atoms with Gasteiger partial charge in [-0.05, 0) is 37.3 Å². The van der Waals surface area contributed by atoms with Crippen molar-refractivity contribution >= 4 is 11.5 Å². The minimum absolute atomic E-state index is 0.0197. The van der Waals surface area contributed by atoms with Crippen molar-refractivity contribution in [2.45, 2.75) is 13.0 Å². The second-order valence-corrected chi connectivity index (χ2v) is 4.94. The minimum Gasteiger partial charge on any atom is -0.497 e. The van der Waals surface area contributed by atoms with Gasteiger partial charge in [-0.25, -0.2) is 0 Å². The highest BCUT2D eigenvalue weighted by Gasteiger charge is 2.23. The van der Waals surface area contributed by atoms with E-state index in [4.69, 9.17) is 14.2 Å². The predicted octanol–water partition coefficient (Wildman–Crippen LogP) is 3.26. The van der Waals surface area contributed by atoms with Crippen LogP contribution >= 0.6 is 0 Å². The van der Waals surface area contributed by atoms with Gasteiger partial charge in [0.05, 0.1) is 19.1 Å². The number of nitro groups is 1. The average molecular weight is 331 g/mol. The number of benzene rings is 2. The van der Waals surface area contributed by atoms with Crippen LogP contribution in [0.15, 0.2) is 42.5 Å². The molecule has 0 amide bonds. The number of carbonyl (C=O) groups is 1. The van der Waals surface area contributed by atoms with Crippen molar-refractivity contribution in [3.8, 4) is 17.2 Å². The summed E-state index contributed by atoms with van der Waals surface area (Å²) in [6.45, 7) is 1.54. The van der Waals surface area contributed by atoms with Crippen LogP contribution in [-0.4, -0.2) is 31.0 Å². The van der Waals surface area contributed by atoms with Crippen LogP contribution in [-0.2, 0) is 0 Å². The Morgan fingerprint density at radius 1 is 1.04 bits per heavy atom. The zero-order valence-electron chi connectivity index (χ0n) is 13.5. The fraction of sp³-hybridized carbons (Fsp3) is 0.235. The number of rotatable bonds is 7. The summed E-state index contributed by atoms with van der Waals surface area (Å²) in [5.74, 6) is 0.715. The number of carbonyl (C=O) groups excluding carboxylic acids is 1. The quantitative estimate of drug-likeness (QED) is 0.439. The summed E-state index contributed by atoms with van der Waals surface area (Å²) in [7, 11) is 2.97. The molecule has 0 saturated heterocycles. The lowest BCUT2D eigenvalue weighted by Gasteiger charge is -2.14. The first kappa shape index (κ1) is 17.3. The zero-order chi connectivity index (χ0) is 17.7. The van der Waals surface area contributed by atoms with Crippen LogP contribution in [0.3, 0.4) is 0 Å². The van der Waals surface area contributed by atoms with E-state index in [1.165, 1.54) is 39.3 Å². The van der Waals surface area contributed by atoms with Crippen LogP contribution in [0.25, 0.3) is 0 Å². The van der Waals surface area contributed by atoms with E-state index in [1.54, 1.807) is 24.3 Å². The van der Waals surface area contributed by atoms with E-state index in [0.717, 1.165) is 0 Å². The second kappa shape index (κ2) is 7.45. The summed E-state index contributed by atoms with van der Waals surface area (Å²) in [6, 6.07) is 10.7. The SMILES string of the molecule is COc1ccc(C(=O)C(C)Oc2cc(OC)ccc2[N+](=O)[O-])cc1. The topological polar surface area (TPSA) is 87.9 Å². The van der Waals surface area contributed by atoms with Crippen molar-refractivity contribution in [3.63, 3.8) is 0 Å². The molecule has 7 nitrogen and oxygen atoms in total. The molecule has 0 spiro atoms. The van der Waals surface area contributed by atoms with Crippen molar-refractivity contribution < 1.29 is 23.9 Å². The van der Waals surface area contributed by atoms with Crippen molar-refractivity contribution in [2.24, 2.45) is 0 Å². The molecule has 1 unspecified atom stereocenters. The average Bonchev–Trinajstić information content (AvgIpc) is 2.60. The minimum atomic E-state index is -0.899. The lowest BCUT2D eigenvalue weighted by molar-refractivity contribution is -0.386. The molecule has 0 aliphatic carbocycles. The fourth-order valence-corrected chi connectivity index (χ4v) is 2.10. The lowest BCUT2D eigenvalue weighted by Crippen LogP contribution is -2.24. The summed E-state index contributed by atoms with van der Waals surface area (Å²) in [5.41, 5.74) is 0.194. The molecule has 7 heteroatoms. The number of nitrogens with zero attached hydrogens (tertiary/aromatic N) is 1. The Balaban J connectivity index is 2.22. The van der Waals surface area contributed by atoms with E-state index < -0.39 is 11.0 Å². The molecular formula is C17H17NO6. The second-order valence-electron chi connectivity index (χ2n) is 4.94. The van der Waals surface area contributed by atoms with Crippen LogP contribution in [0.1, 0.15) is 17.3 Å². The molecule has 0 aliphatic heterocycles. The zero-order valence-corrected chi connectivity index (χ0v) is 13.5. The van der Waals surface area contributed by atoms with Gasteiger partial charge in [-0.3, -0.25) is 14.9 Å². The first-order valence-electron chi connectivity index (χ1n) is 7.13. The number of methoxy groups -OCH3 is 2. The summed E-state index contributed by atoms with van der Waals surface area (Å²) < 4.78 is 15.6. The van der Waals surface area contributed by atoms with E-state index in [2.05, 4.69) is 0 Å². The van der Waals surface area contributed by atoms with E-state index in [0.29, 0.717) is 17.1 Å². The maximum absolute atomic E-state index is 12.4. The van der Waals surface area contributed by atoms with Crippen LogP contribution in [0.5, 0.6) is 17.2 Å². The standard InChI is InChI=1S/C17H17NO6/c1-11(17(19)12-4-6-13(22-2)7-5-12)24-16-10-14(23-3)8-9-15(16)18(20)21/h4-11H,1-3H3. The Hall–Kier alpha value is -3.09. The van der Waals surface area contributed by atoms with Crippen LogP contribution in [0, 0.1) is 10.1 Å². The monoisotopic (exact) mass is 331 g/mol. The van der Waals surface area contributed by atoms with Gasteiger partial charge in [-0.15, -0.1) is 0 Å².